The molecule has 0 spiro atoms. The van der Waals surface area contributed by atoms with Gasteiger partial charge in [-0.15, -0.1) is 0 Å². The van der Waals surface area contributed by atoms with Gasteiger partial charge in [-0.2, -0.15) is 0 Å². The van der Waals surface area contributed by atoms with Crippen molar-refractivity contribution in [2.75, 3.05) is 26.1 Å². The van der Waals surface area contributed by atoms with Gasteiger partial charge in [-0.05, 0) is 68.8 Å². The fraction of sp³-hybridized carbons (Fsp3) is 0.207. The first-order chi connectivity index (χ1) is 17.4. The average Bonchev–Trinajstić information content (AvgIpc) is 3.29. The van der Waals surface area contributed by atoms with E-state index in [1.807, 2.05) is 45.0 Å². The Morgan fingerprint density at radius 2 is 1.89 bits per heavy atom. The van der Waals surface area contributed by atoms with Crippen LogP contribution in [0.5, 0.6) is 17.2 Å². The first-order valence-corrected chi connectivity index (χ1v) is 11.5. The summed E-state index contributed by atoms with van der Waals surface area (Å²) < 4.78 is 36.5. The maximum Gasteiger partial charge on any atom is 0.248 e. The molecule has 0 saturated heterocycles. The maximum atomic E-state index is 13.5. The van der Waals surface area contributed by atoms with Crippen molar-refractivity contribution in [1.29, 1.82) is 0 Å². The molecule has 1 N–H and O–H groups in total. The van der Waals surface area contributed by atoms with Crippen molar-refractivity contribution in [3.05, 3.63) is 77.8 Å². The van der Waals surface area contributed by atoms with E-state index in [4.69, 9.17) is 18.6 Å². The van der Waals surface area contributed by atoms with Crippen LogP contribution in [0.2, 0.25) is 0 Å². The number of fused-ring (bicyclic) bond motifs is 1. The van der Waals surface area contributed by atoms with Crippen LogP contribution in [0.25, 0.3) is 27.7 Å². The van der Waals surface area contributed by atoms with E-state index in [1.165, 1.54) is 18.2 Å². The SMILES string of the molecule is CCOc1c(/C(C)=C/C(=O)Nc2cccc(F)c2)cc2c(-c3cc(OC)ccc3OC)coc2c1C. The van der Waals surface area contributed by atoms with Crippen molar-refractivity contribution in [2.45, 2.75) is 20.8 Å². The number of benzene rings is 3. The molecular formula is C29H28FNO5. The topological polar surface area (TPSA) is 69.9 Å². The van der Waals surface area contributed by atoms with Crippen molar-refractivity contribution in [1.82, 2.24) is 0 Å². The van der Waals surface area contributed by atoms with Crippen LogP contribution in [-0.2, 0) is 4.79 Å². The molecule has 0 atom stereocenters. The van der Waals surface area contributed by atoms with E-state index in [1.54, 1.807) is 32.6 Å². The Morgan fingerprint density at radius 1 is 1.08 bits per heavy atom. The largest absolute Gasteiger partial charge is 0.497 e. The molecule has 186 valence electrons. The third kappa shape index (κ3) is 4.91. The summed E-state index contributed by atoms with van der Waals surface area (Å²) >= 11 is 0. The number of amides is 1. The highest BCUT2D eigenvalue weighted by atomic mass is 19.1. The molecule has 7 heteroatoms. The summed E-state index contributed by atoms with van der Waals surface area (Å²) in [5, 5.41) is 3.54. The lowest BCUT2D eigenvalue weighted by molar-refractivity contribution is -0.111. The maximum absolute atomic E-state index is 13.5. The van der Waals surface area contributed by atoms with E-state index in [0.717, 1.165) is 27.6 Å². The molecule has 0 fully saturated rings. The van der Waals surface area contributed by atoms with Gasteiger partial charge in [-0.1, -0.05) is 6.07 Å². The van der Waals surface area contributed by atoms with Crippen LogP contribution >= 0.6 is 0 Å². The molecule has 36 heavy (non-hydrogen) atoms. The van der Waals surface area contributed by atoms with Crippen LogP contribution in [0.1, 0.15) is 25.0 Å². The predicted molar refractivity (Wildman–Crippen MR) is 139 cm³/mol. The molecule has 0 aliphatic carbocycles. The normalized spacial score (nSPS) is 11.4. The van der Waals surface area contributed by atoms with E-state index in [-0.39, 0.29) is 5.91 Å². The van der Waals surface area contributed by atoms with Crippen LogP contribution < -0.4 is 19.5 Å². The summed E-state index contributed by atoms with van der Waals surface area (Å²) in [4.78, 5) is 12.7. The second-order valence-corrected chi connectivity index (χ2v) is 8.23. The molecule has 0 radical (unpaired) electrons. The number of hydrogen-bond acceptors (Lipinski definition) is 5. The molecule has 0 unspecified atom stereocenters. The molecule has 1 amide bonds. The van der Waals surface area contributed by atoms with E-state index < -0.39 is 5.82 Å². The number of halogens is 1. The smallest absolute Gasteiger partial charge is 0.248 e. The van der Waals surface area contributed by atoms with Gasteiger partial charge in [0.15, 0.2) is 0 Å². The van der Waals surface area contributed by atoms with Gasteiger partial charge in [-0.25, -0.2) is 4.39 Å². The number of anilines is 1. The van der Waals surface area contributed by atoms with Crippen LogP contribution in [0.15, 0.2) is 65.3 Å². The van der Waals surface area contributed by atoms with Crippen molar-refractivity contribution in [3.8, 4) is 28.4 Å². The number of rotatable bonds is 8. The van der Waals surface area contributed by atoms with Crippen LogP contribution in [0.3, 0.4) is 0 Å². The third-order valence-corrected chi connectivity index (χ3v) is 5.89. The summed E-state index contributed by atoms with van der Waals surface area (Å²) in [6, 6.07) is 13.3. The van der Waals surface area contributed by atoms with Gasteiger partial charge < -0.3 is 23.9 Å². The molecule has 3 aromatic carbocycles. The van der Waals surface area contributed by atoms with E-state index in [0.29, 0.717) is 40.7 Å². The minimum atomic E-state index is -0.423. The van der Waals surface area contributed by atoms with Crippen LogP contribution in [0.4, 0.5) is 10.1 Å². The molecule has 6 nitrogen and oxygen atoms in total. The zero-order chi connectivity index (χ0) is 25.8. The quantitative estimate of drug-likeness (QED) is 0.270. The predicted octanol–water partition coefficient (Wildman–Crippen LogP) is 7.01. The second-order valence-electron chi connectivity index (χ2n) is 8.23. The van der Waals surface area contributed by atoms with Crippen molar-refractivity contribution in [2.24, 2.45) is 0 Å². The van der Waals surface area contributed by atoms with E-state index >= 15 is 0 Å². The summed E-state index contributed by atoms with van der Waals surface area (Å²) in [6.45, 7) is 6.10. The highest BCUT2D eigenvalue weighted by molar-refractivity contribution is 6.06. The van der Waals surface area contributed by atoms with Gasteiger partial charge in [0.05, 0.1) is 27.1 Å². The standard InChI is InChI=1S/C29H28FNO5/c1-6-35-28-18(3)29-24(25(16-36-29)23-14-21(33-4)10-11-26(23)34-5)15-22(28)17(2)12-27(32)31-20-9-7-8-19(30)13-20/h7-16H,6H2,1-5H3,(H,31,32)/b17-12+. The number of aryl methyl sites for hydroxylation is 1. The number of ether oxygens (including phenoxy) is 3. The minimum absolute atomic E-state index is 0.375. The molecule has 0 aliphatic heterocycles. The molecule has 1 aromatic heterocycles. The molecule has 1 heterocycles. The molecule has 0 bridgehead atoms. The van der Waals surface area contributed by atoms with Gasteiger partial charge in [0.2, 0.25) is 5.91 Å². The number of carbonyl (C=O) groups excluding carboxylic acids is 1. The number of methoxy groups -OCH3 is 2. The Kier molecular flexibility index (Phi) is 7.29. The fourth-order valence-corrected chi connectivity index (χ4v) is 4.19. The summed E-state index contributed by atoms with van der Waals surface area (Å²) in [7, 11) is 3.22. The Morgan fingerprint density at radius 3 is 2.58 bits per heavy atom. The number of furan rings is 1. The molecule has 0 aliphatic rings. The van der Waals surface area contributed by atoms with E-state index in [9.17, 15) is 9.18 Å². The number of carbonyl (C=O) groups is 1. The monoisotopic (exact) mass is 489 g/mol. The van der Waals surface area contributed by atoms with Crippen LogP contribution in [0, 0.1) is 12.7 Å². The Balaban J connectivity index is 1.83. The van der Waals surface area contributed by atoms with Gasteiger partial charge in [-0.3, -0.25) is 4.79 Å². The average molecular weight is 490 g/mol. The van der Waals surface area contributed by atoms with Gasteiger partial charge >= 0.3 is 0 Å². The molecule has 4 rings (SSSR count). The highest BCUT2D eigenvalue weighted by Gasteiger charge is 2.21. The zero-order valence-electron chi connectivity index (χ0n) is 20.9. The Hall–Kier alpha value is -4.26. The second kappa shape index (κ2) is 10.6. The first-order valence-electron chi connectivity index (χ1n) is 11.5. The third-order valence-electron chi connectivity index (χ3n) is 5.89. The first kappa shape index (κ1) is 24.9. The number of nitrogens with one attached hydrogen (secondary N) is 1. The van der Waals surface area contributed by atoms with Crippen molar-refractivity contribution >= 4 is 28.1 Å². The minimum Gasteiger partial charge on any atom is -0.497 e. The molecule has 0 saturated carbocycles. The molecular weight excluding hydrogens is 461 g/mol. The highest BCUT2D eigenvalue weighted by Crippen LogP contribution is 2.43. The van der Waals surface area contributed by atoms with Gasteiger partial charge in [0, 0.05) is 39.4 Å². The molecule has 4 aromatic rings. The van der Waals surface area contributed by atoms with Gasteiger partial charge in [0.1, 0.15) is 28.6 Å². The number of allylic oxidation sites excluding steroid dienone is 1. The number of hydrogen-bond donors (Lipinski definition) is 1. The van der Waals surface area contributed by atoms with Crippen molar-refractivity contribution < 1.29 is 27.8 Å². The Bertz CT molecular complexity index is 1450. The fourth-order valence-electron chi connectivity index (χ4n) is 4.19. The lowest BCUT2D eigenvalue weighted by Gasteiger charge is -2.15. The summed E-state index contributed by atoms with van der Waals surface area (Å²) in [5.74, 6) is 1.20. The lowest BCUT2D eigenvalue weighted by atomic mass is 9.96. The Labute approximate surface area is 209 Å². The van der Waals surface area contributed by atoms with Crippen molar-refractivity contribution in [3.63, 3.8) is 0 Å². The van der Waals surface area contributed by atoms with E-state index in [2.05, 4.69) is 5.32 Å². The van der Waals surface area contributed by atoms with Gasteiger partial charge in [0.25, 0.3) is 0 Å². The van der Waals surface area contributed by atoms with Crippen LogP contribution in [-0.4, -0.2) is 26.7 Å². The summed E-state index contributed by atoms with van der Waals surface area (Å²) in [6.07, 6.45) is 3.16. The lowest BCUT2D eigenvalue weighted by Crippen LogP contribution is -2.09. The zero-order valence-corrected chi connectivity index (χ0v) is 20.9. The summed E-state index contributed by atoms with van der Waals surface area (Å²) in [5.41, 5.74) is 4.95.